The van der Waals surface area contributed by atoms with Crippen molar-refractivity contribution >= 4 is 17.3 Å². The van der Waals surface area contributed by atoms with Gasteiger partial charge in [-0.1, -0.05) is 19.4 Å². The van der Waals surface area contributed by atoms with E-state index in [1.807, 2.05) is 6.92 Å². The summed E-state index contributed by atoms with van der Waals surface area (Å²) in [6, 6.07) is 3.86. The first kappa shape index (κ1) is 14.0. The molecule has 1 atom stereocenters. The number of nitrogens with zero attached hydrogens (tertiary/aromatic N) is 1. The quantitative estimate of drug-likeness (QED) is 0.599. The van der Waals surface area contributed by atoms with Crippen LogP contribution in [0.25, 0.3) is 0 Å². The minimum atomic E-state index is -0.956. The Kier molecular flexibility index (Phi) is 4.65. The fourth-order valence-corrected chi connectivity index (χ4v) is 1.71. The molecule has 0 aliphatic rings. The zero-order valence-corrected chi connectivity index (χ0v) is 10.3. The molecule has 0 radical (unpaired) electrons. The van der Waals surface area contributed by atoms with Crippen LogP contribution >= 0.6 is 0 Å². The molecule has 0 heterocycles. The summed E-state index contributed by atoms with van der Waals surface area (Å²) < 4.78 is 0. The minimum Gasteiger partial charge on any atom is -0.480 e. The van der Waals surface area contributed by atoms with Gasteiger partial charge in [0.15, 0.2) is 0 Å². The smallest absolute Gasteiger partial charge is 0.326 e. The number of carboxylic acids is 1. The zero-order valence-electron chi connectivity index (χ0n) is 10.3. The first-order chi connectivity index (χ1) is 8.47. The molecule has 1 unspecified atom stereocenters. The van der Waals surface area contributed by atoms with Crippen molar-refractivity contribution < 1.29 is 14.8 Å². The lowest BCUT2D eigenvalue weighted by atomic mass is 10.1. The Balaban J connectivity index is 2.99. The first-order valence-electron chi connectivity index (χ1n) is 5.70. The van der Waals surface area contributed by atoms with Crippen molar-refractivity contribution in [2.24, 2.45) is 0 Å². The molecule has 18 heavy (non-hydrogen) atoms. The molecule has 0 saturated heterocycles. The zero-order chi connectivity index (χ0) is 13.7. The van der Waals surface area contributed by atoms with E-state index < -0.39 is 16.9 Å². The number of aliphatic carboxylic acids is 1. The van der Waals surface area contributed by atoms with Crippen LogP contribution in [0.5, 0.6) is 0 Å². The highest BCUT2D eigenvalue weighted by molar-refractivity contribution is 5.78. The van der Waals surface area contributed by atoms with Crippen LogP contribution in [-0.2, 0) is 4.79 Å². The Morgan fingerprint density at radius 3 is 2.72 bits per heavy atom. The Bertz CT molecular complexity index is 459. The van der Waals surface area contributed by atoms with Gasteiger partial charge >= 0.3 is 5.97 Å². The summed E-state index contributed by atoms with van der Waals surface area (Å²) >= 11 is 0. The van der Waals surface area contributed by atoms with Crippen molar-refractivity contribution in [3.63, 3.8) is 0 Å². The van der Waals surface area contributed by atoms with Crippen LogP contribution in [-0.4, -0.2) is 22.0 Å². The lowest BCUT2D eigenvalue weighted by Gasteiger charge is -2.16. The number of hydrogen-bond acceptors (Lipinski definition) is 4. The van der Waals surface area contributed by atoms with Gasteiger partial charge in [-0.2, -0.15) is 0 Å². The van der Waals surface area contributed by atoms with E-state index in [1.54, 1.807) is 19.1 Å². The molecule has 6 nitrogen and oxygen atoms in total. The molecule has 98 valence electrons. The number of benzene rings is 1. The van der Waals surface area contributed by atoms with Gasteiger partial charge in [0.25, 0.3) is 5.69 Å². The average molecular weight is 252 g/mol. The van der Waals surface area contributed by atoms with E-state index in [1.165, 1.54) is 6.07 Å². The monoisotopic (exact) mass is 252 g/mol. The summed E-state index contributed by atoms with van der Waals surface area (Å²) in [6.07, 6.45) is 1.19. The standard InChI is InChI=1S/C12H16N2O4/c1-3-5-10(12(15)16)13-9-6-4-7-11(8(9)2)14(17)18/h4,6-7,10,13H,3,5H2,1-2H3,(H,15,16). The van der Waals surface area contributed by atoms with Crippen molar-refractivity contribution in [2.45, 2.75) is 32.7 Å². The van der Waals surface area contributed by atoms with Crippen LogP contribution < -0.4 is 5.32 Å². The minimum absolute atomic E-state index is 0.0133. The molecule has 1 rings (SSSR count). The second-order valence-electron chi connectivity index (χ2n) is 4.03. The number of carboxylic acid groups (broad SMARTS) is 1. The summed E-state index contributed by atoms with van der Waals surface area (Å²) in [5.74, 6) is -0.956. The van der Waals surface area contributed by atoms with Crippen LogP contribution in [0.2, 0.25) is 0 Å². The van der Waals surface area contributed by atoms with E-state index in [4.69, 9.17) is 5.11 Å². The maximum absolute atomic E-state index is 11.0. The number of rotatable bonds is 6. The molecule has 2 N–H and O–H groups in total. The molecule has 0 amide bonds. The molecule has 6 heteroatoms. The van der Waals surface area contributed by atoms with Crippen molar-refractivity contribution in [1.82, 2.24) is 0 Å². The Hall–Kier alpha value is -2.11. The van der Waals surface area contributed by atoms with Crippen LogP contribution in [0, 0.1) is 17.0 Å². The predicted octanol–water partition coefficient (Wildman–Crippen LogP) is 2.57. The van der Waals surface area contributed by atoms with E-state index in [2.05, 4.69) is 5.32 Å². The van der Waals surface area contributed by atoms with Crippen LogP contribution in [0.1, 0.15) is 25.3 Å². The first-order valence-corrected chi connectivity index (χ1v) is 5.70. The van der Waals surface area contributed by atoms with Gasteiger partial charge < -0.3 is 10.4 Å². The van der Waals surface area contributed by atoms with Gasteiger partial charge in [-0.15, -0.1) is 0 Å². The van der Waals surface area contributed by atoms with E-state index in [-0.39, 0.29) is 5.69 Å². The van der Waals surface area contributed by atoms with E-state index >= 15 is 0 Å². The normalized spacial score (nSPS) is 11.9. The third kappa shape index (κ3) is 3.19. The van der Waals surface area contributed by atoms with E-state index in [0.29, 0.717) is 17.7 Å². The highest BCUT2D eigenvalue weighted by Gasteiger charge is 2.19. The lowest BCUT2D eigenvalue weighted by molar-refractivity contribution is -0.385. The summed E-state index contributed by atoms with van der Waals surface area (Å²) in [5, 5.41) is 22.7. The summed E-state index contributed by atoms with van der Waals surface area (Å²) in [4.78, 5) is 21.3. The number of nitrogens with one attached hydrogen (secondary N) is 1. The largest absolute Gasteiger partial charge is 0.480 e. The summed E-state index contributed by atoms with van der Waals surface area (Å²) in [5.41, 5.74) is 0.926. The molecule has 0 bridgehead atoms. The van der Waals surface area contributed by atoms with Gasteiger partial charge in [0.05, 0.1) is 4.92 Å². The predicted molar refractivity (Wildman–Crippen MR) is 67.8 cm³/mol. The van der Waals surface area contributed by atoms with Crippen molar-refractivity contribution in [3.8, 4) is 0 Å². The van der Waals surface area contributed by atoms with E-state index in [0.717, 1.165) is 6.42 Å². The topological polar surface area (TPSA) is 92.5 Å². The fourth-order valence-electron chi connectivity index (χ4n) is 1.71. The maximum Gasteiger partial charge on any atom is 0.326 e. The summed E-state index contributed by atoms with van der Waals surface area (Å²) in [6.45, 7) is 3.49. The molecular formula is C12H16N2O4. The second-order valence-corrected chi connectivity index (χ2v) is 4.03. The van der Waals surface area contributed by atoms with Crippen molar-refractivity contribution in [3.05, 3.63) is 33.9 Å². The average Bonchev–Trinajstić information content (AvgIpc) is 2.30. The SMILES string of the molecule is CCCC(Nc1cccc([N+](=O)[O-])c1C)C(=O)O. The molecule has 0 aromatic heterocycles. The molecule has 0 saturated carbocycles. The van der Waals surface area contributed by atoms with Crippen molar-refractivity contribution in [2.75, 3.05) is 5.32 Å². The number of carbonyl (C=O) groups is 1. The third-order valence-electron chi connectivity index (χ3n) is 2.71. The Morgan fingerprint density at radius 2 is 2.22 bits per heavy atom. The number of nitro benzene ring substituents is 1. The van der Waals surface area contributed by atoms with Gasteiger partial charge in [0.2, 0.25) is 0 Å². The highest BCUT2D eigenvalue weighted by atomic mass is 16.6. The van der Waals surface area contributed by atoms with E-state index in [9.17, 15) is 14.9 Å². The highest BCUT2D eigenvalue weighted by Crippen LogP contribution is 2.26. The third-order valence-corrected chi connectivity index (χ3v) is 2.71. The fraction of sp³-hybridized carbons (Fsp3) is 0.417. The molecule has 0 fully saturated rings. The number of nitro groups is 1. The number of hydrogen-bond donors (Lipinski definition) is 2. The molecule has 1 aromatic carbocycles. The van der Waals surface area contributed by atoms with Crippen LogP contribution in [0.4, 0.5) is 11.4 Å². The van der Waals surface area contributed by atoms with Gasteiger partial charge in [-0.25, -0.2) is 4.79 Å². The number of anilines is 1. The summed E-state index contributed by atoms with van der Waals surface area (Å²) in [7, 11) is 0. The van der Waals surface area contributed by atoms with Crippen molar-refractivity contribution in [1.29, 1.82) is 0 Å². The molecule has 0 aliphatic heterocycles. The molecule has 0 aliphatic carbocycles. The van der Waals surface area contributed by atoms with Crippen LogP contribution in [0.15, 0.2) is 18.2 Å². The Morgan fingerprint density at radius 1 is 1.56 bits per heavy atom. The second kappa shape index (κ2) is 6.00. The molecule has 0 spiro atoms. The molecule has 1 aromatic rings. The van der Waals surface area contributed by atoms with Gasteiger partial charge in [-0.3, -0.25) is 10.1 Å². The maximum atomic E-state index is 11.0. The van der Waals surface area contributed by atoms with Gasteiger partial charge in [0.1, 0.15) is 6.04 Å². The molecular weight excluding hydrogens is 236 g/mol. The van der Waals surface area contributed by atoms with Gasteiger partial charge in [0, 0.05) is 17.3 Å². The lowest BCUT2D eigenvalue weighted by Crippen LogP contribution is -2.29. The Labute approximate surface area is 105 Å². The van der Waals surface area contributed by atoms with Gasteiger partial charge in [-0.05, 0) is 19.4 Å². The van der Waals surface area contributed by atoms with Crippen LogP contribution in [0.3, 0.4) is 0 Å².